The standard InChI is InChI=1S/C11H24N2/c1-13(10-8-12)9-4-7-11-5-2-3-6-11/h11H,2-10,12H2,1H3. The van der Waals surface area contributed by atoms with E-state index in [1.165, 1.54) is 45.1 Å². The average Bonchev–Trinajstić information content (AvgIpc) is 2.57. The number of nitrogens with two attached hydrogens (primary N) is 1. The molecule has 0 heterocycles. The molecule has 78 valence electrons. The van der Waals surface area contributed by atoms with Crippen molar-refractivity contribution in [1.29, 1.82) is 0 Å². The summed E-state index contributed by atoms with van der Waals surface area (Å²) in [5, 5.41) is 0. The van der Waals surface area contributed by atoms with Crippen molar-refractivity contribution in [2.45, 2.75) is 38.5 Å². The topological polar surface area (TPSA) is 29.3 Å². The van der Waals surface area contributed by atoms with Crippen molar-refractivity contribution in [3.63, 3.8) is 0 Å². The van der Waals surface area contributed by atoms with Gasteiger partial charge < -0.3 is 10.6 Å². The van der Waals surface area contributed by atoms with E-state index in [1.54, 1.807) is 0 Å². The molecule has 1 aliphatic carbocycles. The largest absolute Gasteiger partial charge is 0.329 e. The minimum Gasteiger partial charge on any atom is -0.329 e. The van der Waals surface area contributed by atoms with Crippen LogP contribution in [0.15, 0.2) is 0 Å². The van der Waals surface area contributed by atoms with Crippen LogP contribution in [0, 0.1) is 5.92 Å². The predicted octanol–water partition coefficient (Wildman–Crippen LogP) is 1.85. The van der Waals surface area contributed by atoms with Gasteiger partial charge in [-0.1, -0.05) is 25.7 Å². The monoisotopic (exact) mass is 184 g/mol. The molecule has 1 saturated carbocycles. The number of nitrogens with zero attached hydrogens (tertiary/aromatic N) is 1. The van der Waals surface area contributed by atoms with Crippen molar-refractivity contribution in [3.05, 3.63) is 0 Å². The Kier molecular flexibility index (Phi) is 5.40. The molecule has 1 rings (SSSR count). The van der Waals surface area contributed by atoms with E-state index in [0.717, 1.165) is 19.0 Å². The molecule has 1 aliphatic rings. The van der Waals surface area contributed by atoms with Crippen LogP contribution in [-0.2, 0) is 0 Å². The normalized spacial score (nSPS) is 18.7. The van der Waals surface area contributed by atoms with Gasteiger partial charge >= 0.3 is 0 Å². The summed E-state index contributed by atoms with van der Waals surface area (Å²) in [6, 6.07) is 0. The van der Waals surface area contributed by atoms with E-state index in [4.69, 9.17) is 5.73 Å². The van der Waals surface area contributed by atoms with Crippen LogP contribution in [0.1, 0.15) is 38.5 Å². The van der Waals surface area contributed by atoms with E-state index >= 15 is 0 Å². The van der Waals surface area contributed by atoms with Crippen LogP contribution in [0.25, 0.3) is 0 Å². The van der Waals surface area contributed by atoms with E-state index in [1.807, 2.05) is 0 Å². The van der Waals surface area contributed by atoms with Crippen LogP contribution in [0.4, 0.5) is 0 Å². The fourth-order valence-electron chi connectivity index (χ4n) is 2.28. The van der Waals surface area contributed by atoms with Gasteiger partial charge in [0.1, 0.15) is 0 Å². The molecule has 0 aromatic carbocycles. The third-order valence-electron chi connectivity index (χ3n) is 3.14. The second-order valence-corrected chi connectivity index (χ2v) is 4.38. The van der Waals surface area contributed by atoms with Crippen molar-refractivity contribution in [2.24, 2.45) is 11.7 Å². The van der Waals surface area contributed by atoms with Crippen LogP contribution >= 0.6 is 0 Å². The van der Waals surface area contributed by atoms with Gasteiger partial charge in [0, 0.05) is 13.1 Å². The summed E-state index contributed by atoms with van der Waals surface area (Å²) in [6.45, 7) is 3.07. The van der Waals surface area contributed by atoms with E-state index in [-0.39, 0.29) is 0 Å². The summed E-state index contributed by atoms with van der Waals surface area (Å²) in [4.78, 5) is 2.34. The quantitative estimate of drug-likeness (QED) is 0.682. The van der Waals surface area contributed by atoms with Gasteiger partial charge in [0.05, 0.1) is 0 Å². The lowest BCUT2D eigenvalue weighted by Gasteiger charge is -2.16. The van der Waals surface area contributed by atoms with E-state index < -0.39 is 0 Å². The summed E-state index contributed by atoms with van der Waals surface area (Å²) in [7, 11) is 2.17. The van der Waals surface area contributed by atoms with Gasteiger partial charge in [0.25, 0.3) is 0 Å². The van der Waals surface area contributed by atoms with Crippen LogP contribution < -0.4 is 5.73 Å². The summed E-state index contributed by atoms with van der Waals surface area (Å²) < 4.78 is 0. The van der Waals surface area contributed by atoms with Crippen LogP contribution in [-0.4, -0.2) is 31.6 Å². The smallest absolute Gasteiger partial charge is 0.0102 e. The first-order valence-electron chi connectivity index (χ1n) is 5.71. The zero-order valence-electron chi connectivity index (χ0n) is 8.97. The molecular formula is C11H24N2. The maximum atomic E-state index is 5.48. The third kappa shape index (κ3) is 4.63. The molecule has 0 radical (unpaired) electrons. The lowest BCUT2D eigenvalue weighted by molar-refractivity contribution is 0.320. The molecule has 0 atom stereocenters. The van der Waals surface area contributed by atoms with Gasteiger partial charge in [0.15, 0.2) is 0 Å². The van der Waals surface area contributed by atoms with Gasteiger partial charge in [-0.05, 0) is 32.4 Å². The molecule has 1 fully saturated rings. The average molecular weight is 184 g/mol. The highest BCUT2D eigenvalue weighted by Gasteiger charge is 2.14. The summed E-state index contributed by atoms with van der Waals surface area (Å²) >= 11 is 0. The molecule has 0 saturated heterocycles. The Morgan fingerprint density at radius 1 is 1.23 bits per heavy atom. The Morgan fingerprint density at radius 2 is 1.92 bits per heavy atom. The van der Waals surface area contributed by atoms with Gasteiger partial charge in [-0.2, -0.15) is 0 Å². The van der Waals surface area contributed by atoms with E-state index in [2.05, 4.69) is 11.9 Å². The Labute approximate surface area is 82.5 Å². The molecular weight excluding hydrogens is 160 g/mol. The third-order valence-corrected chi connectivity index (χ3v) is 3.14. The minimum absolute atomic E-state index is 0.792. The highest BCUT2D eigenvalue weighted by atomic mass is 15.1. The molecule has 0 aliphatic heterocycles. The Bertz CT molecular complexity index is 119. The van der Waals surface area contributed by atoms with Crippen molar-refractivity contribution in [1.82, 2.24) is 4.90 Å². The molecule has 2 heteroatoms. The zero-order chi connectivity index (χ0) is 9.52. The predicted molar refractivity (Wildman–Crippen MR) is 57.7 cm³/mol. The van der Waals surface area contributed by atoms with Crippen molar-refractivity contribution < 1.29 is 0 Å². The van der Waals surface area contributed by atoms with E-state index in [0.29, 0.717) is 0 Å². The molecule has 0 aromatic rings. The Hall–Kier alpha value is -0.0800. The fourth-order valence-corrected chi connectivity index (χ4v) is 2.28. The number of hydrogen-bond donors (Lipinski definition) is 1. The molecule has 0 unspecified atom stereocenters. The molecule has 0 spiro atoms. The lowest BCUT2D eigenvalue weighted by Crippen LogP contribution is -2.26. The van der Waals surface area contributed by atoms with Crippen LogP contribution in [0.5, 0.6) is 0 Å². The summed E-state index contributed by atoms with van der Waals surface area (Å²) in [5.74, 6) is 1.05. The molecule has 0 amide bonds. The Balaban J connectivity index is 1.93. The highest BCUT2D eigenvalue weighted by Crippen LogP contribution is 2.28. The van der Waals surface area contributed by atoms with Gasteiger partial charge in [0.2, 0.25) is 0 Å². The lowest BCUT2D eigenvalue weighted by atomic mass is 10.0. The number of hydrogen-bond acceptors (Lipinski definition) is 2. The second-order valence-electron chi connectivity index (χ2n) is 4.38. The highest BCUT2D eigenvalue weighted by molar-refractivity contribution is 4.67. The first-order chi connectivity index (χ1) is 6.33. The number of rotatable bonds is 6. The van der Waals surface area contributed by atoms with Crippen LogP contribution in [0.3, 0.4) is 0 Å². The SMILES string of the molecule is CN(CCN)CCCC1CCCC1. The van der Waals surface area contributed by atoms with Gasteiger partial charge in [-0.3, -0.25) is 0 Å². The minimum atomic E-state index is 0.792. The van der Waals surface area contributed by atoms with Gasteiger partial charge in [-0.15, -0.1) is 0 Å². The Morgan fingerprint density at radius 3 is 2.54 bits per heavy atom. The first kappa shape index (κ1) is 11.0. The molecule has 2 N–H and O–H groups in total. The number of likely N-dealkylation sites (N-methyl/N-ethyl adjacent to an activating group) is 1. The maximum absolute atomic E-state index is 5.48. The first-order valence-corrected chi connectivity index (χ1v) is 5.71. The summed E-state index contributed by atoms with van der Waals surface area (Å²) in [6.07, 6.45) is 8.73. The molecule has 2 nitrogen and oxygen atoms in total. The van der Waals surface area contributed by atoms with Crippen molar-refractivity contribution in [3.8, 4) is 0 Å². The zero-order valence-corrected chi connectivity index (χ0v) is 8.97. The maximum Gasteiger partial charge on any atom is 0.0102 e. The molecule has 0 aromatic heterocycles. The van der Waals surface area contributed by atoms with E-state index in [9.17, 15) is 0 Å². The molecule has 0 bridgehead atoms. The fraction of sp³-hybridized carbons (Fsp3) is 1.00. The van der Waals surface area contributed by atoms with Crippen molar-refractivity contribution in [2.75, 3.05) is 26.7 Å². The summed E-state index contributed by atoms with van der Waals surface area (Å²) in [5.41, 5.74) is 5.48. The van der Waals surface area contributed by atoms with Crippen LogP contribution in [0.2, 0.25) is 0 Å². The van der Waals surface area contributed by atoms with Gasteiger partial charge in [-0.25, -0.2) is 0 Å². The van der Waals surface area contributed by atoms with Crippen molar-refractivity contribution >= 4 is 0 Å². The second kappa shape index (κ2) is 6.39. The molecule has 13 heavy (non-hydrogen) atoms.